The summed E-state index contributed by atoms with van der Waals surface area (Å²) in [6.07, 6.45) is -4.47. The molecule has 0 spiro atoms. The Kier molecular flexibility index (Phi) is 5.94. The maximum absolute atomic E-state index is 13.1. The van der Waals surface area contributed by atoms with Gasteiger partial charge < -0.3 is 4.74 Å². The maximum Gasteiger partial charge on any atom is 0.401 e. The van der Waals surface area contributed by atoms with Crippen LogP contribution < -0.4 is 5.32 Å². The highest BCUT2D eigenvalue weighted by Gasteiger charge is 2.31. The zero-order valence-electron chi connectivity index (χ0n) is 10.4. The summed E-state index contributed by atoms with van der Waals surface area (Å²) in [6.45, 7) is 0.218. The van der Waals surface area contributed by atoms with E-state index in [2.05, 4.69) is 21.2 Å². The Labute approximate surface area is 121 Å². The fourth-order valence-electron chi connectivity index (χ4n) is 1.47. The first-order valence-electron chi connectivity index (χ1n) is 5.66. The first kappa shape index (κ1) is 16.9. The van der Waals surface area contributed by atoms with Crippen LogP contribution in [0.4, 0.5) is 17.6 Å². The second kappa shape index (κ2) is 7.03. The summed E-state index contributed by atoms with van der Waals surface area (Å²) >= 11 is 2.92. The predicted molar refractivity (Wildman–Crippen MR) is 67.5 cm³/mol. The zero-order chi connectivity index (χ0) is 15.3. The lowest BCUT2D eigenvalue weighted by molar-refractivity contribution is -0.149. The molecule has 0 aliphatic carbocycles. The number of alkyl halides is 3. The standard InChI is InChI=1S/C12H12BrF4NO2/c1-2-20-11(19)10(18-6-12(15,16)17)7-3-4-9(14)8(13)5-7/h3-5,10,18H,2,6H2,1H3. The molecule has 8 heteroatoms. The molecule has 0 aromatic heterocycles. The van der Waals surface area contributed by atoms with E-state index in [1.807, 2.05) is 0 Å². The highest BCUT2D eigenvalue weighted by molar-refractivity contribution is 9.10. The molecule has 0 saturated carbocycles. The Balaban J connectivity index is 2.96. The third-order valence-electron chi connectivity index (χ3n) is 2.31. The first-order chi connectivity index (χ1) is 9.24. The number of carbonyl (C=O) groups is 1. The van der Waals surface area contributed by atoms with E-state index in [1.165, 1.54) is 12.1 Å². The SMILES string of the molecule is CCOC(=O)C(NCC(F)(F)F)c1ccc(F)c(Br)c1. The molecule has 0 saturated heterocycles. The smallest absolute Gasteiger partial charge is 0.401 e. The van der Waals surface area contributed by atoms with Gasteiger partial charge in [0, 0.05) is 0 Å². The van der Waals surface area contributed by atoms with Gasteiger partial charge in [-0.1, -0.05) is 6.07 Å². The van der Waals surface area contributed by atoms with Crippen LogP contribution in [0.3, 0.4) is 0 Å². The molecule has 112 valence electrons. The summed E-state index contributed by atoms with van der Waals surface area (Å²) in [5.41, 5.74) is 0.181. The number of halogens is 5. The van der Waals surface area contributed by atoms with Crippen LogP contribution in [-0.2, 0) is 9.53 Å². The summed E-state index contributed by atoms with van der Waals surface area (Å²) in [4.78, 5) is 11.7. The van der Waals surface area contributed by atoms with Crippen LogP contribution >= 0.6 is 15.9 Å². The average Bonchev–Trinajstić information content (AvgIpc) is 2.32. The van der Waals surface area contributed by atoms with Gasteiger partial charge in [0.25, 0.3) is 0 Å². The van der Waals surface area contributed by atoms with Crippen molar-refractivity contribution in [2.24, 2.45) is 0 Å². The summed E-state index contributed by atoms with van der Waals surface area (Å²) < 4.78 is 54.6. The molecule has 20 heavy (non-hydrogen) atoms. The molecule has 0 amide bonds. The van der Waals surface area contributed by atoms with Gasteiger partial charge in [-0.15, -0.1) is 0 Å². The molecule has 0 bridgehead atoms. The van der Waals surface area contributed by atoms with Crippen LogP contribution in [-0.4, -0.2) is 25.3 Å². The van der Waals surface area contributed by atoms with Gasteiger partial charge in [0.15, 0.2) is 0 Å². The Morgan fingerprint density at radius 2 is 2.10 bits per heavy atom. The molecular weight excluding hydrogens is 346 g/mol. The van der Waals surface area contributed by atoms with Crippen molar-refractivity contribution in [2.45, 2.75) is 19.1 Å². The van der Waals surface area contributed by atoms with Gasteiger partial charge in [-0.25, -0.2) is 9.18 Å². The highest BCUT2D eigenvalue weighted by Crippen LogP contribution is 2.23. The number of benzene rings is 1. The number of ether oxygens (including phenoxy) is 1. The molecule has 0 radical (unpaired) electrons. The fraction of sp³-hybridized carbons (Fsp3) is 0.417. The van der Waals surface area contributed by atoms with Crippen LogP contribution in [0.2, 0.25) is 0 Å². The summed E-state index contributed by atoms with van der Waals surface area (Å²) in [6, 6.07) is 2.21. The van der Waals surface area contributed by atoms with Crippen molar-refractivity contribution in [3.05, 3.63) is 34.1 Å². The maximum atomic E-state index is 13.1. The van der Waals surface area contributed by atoms with Crippen LogP contribution in [0, 0.1) is 5.82 Å². The molecule has 1 aromatic carbocycles. The van der Waals surface area contributed by atoms with E-state index in [0.717, 1.165) is 6.07 Å². The molecule has 0 aliphatic rings. The second-order valence-electron chi connectivity index (χ2n) is 3.85. The molecular formula is C12H12BrF4NO2. The van der Waals surface area contributed by atoms with Gasteiger partial charge >= 0.3 is 12.1 Å². The largest absolute Gasteiger partial charge is 0.465 e. The summed E-state index contributed by atoms with van der Waals surface area (Å²) in [7, 11) is 0. The molecule has 1 N–H and O–H groups in total. The van der Waals surface area contributed by atoms with Gasteiger partial charge in [-0.05, 0) is 40.5 Å². The van der Waals surface area contributed by atoms with E-state index in [-0.39, 0.29) is 16.6 Å². The Hall–Kier alpha value is -1.15. The topological polar surface area (TPSA) is 38.3 Å². The van der Waals surface area contributed by atoms with Crippen molar-refractivity contribution in [2.75, 3.05) is 13.2 Å². The minimum atomic E-state index is -4.47. The van der Waals surface area contributed by atoms with E-state index < -0.39 is 30.5 Å². The highest BCUT2D eigenvalue weighted by atomic mass is 79.9. The van der Waals surface area contributed by atoms with Gasteiger partial charge in [0.2, 0.25) is 0 Å². The summed E-state index contributed by atoms with van der Waals surface area (Å²) in [5, 5.41) is 2.06. The molecule has 1 aromatic rings. The van der Waals surface area contributed by atoms with E-state index in [0.29, 0.717) is 0 Å². The van der Waals surface area contributed by atoms with Crippen LogP contribution in [0.25, 0.3) is 0 Å². The van der Waals surface area contributed by atoms with E-state index >= 15 is 0 Å². The van der Waals surface area contributed by atoms with E-state index in [9.17, 15) is 22.4 Å². The summed E-state index contributed by atoms with van der Waals surface area (Å²) in [5.74, 6) is -1.43. The quantitative estimate of drug-likeness (QED) is 0.648. The van der Waals surface area contributed by atoms with Crippen molar-refractivity contribution >= 4 is 21.9 Å². The molecule has 1 atom stereocenters. The van der Waals surface area contributed by atoms with Gasteiger partial charge in [-0.2, -0.15) is 13.2 Å². The normalized spacial score (nSPS) is 13.1. The number of esters is 1. The van der Waals surface area contributed by atoms with E-state index in [1.54, 1.807) is 6.92 Å². The van der Waals surface area contributed by atoms with Crippen molar-refractivity contribution in [1.29, 1.82) is 0 Å². The lowest BCUT2D eigenvalue weighted by Crippen LogP contribution is -2.37. The van der Waals surface area contributed by atoms with Crippen LogP contribution in [0.5, 0.6) is 0 Å². The van der Waals surface area contributed by atoms with Crippen molar-refractivity contribution in [1.82, 2.24) is 5.32 Å². The van der Waals surface area contributed by atoms with Gasteiger partial charge in [0.1, 0.15) is 11.9 Å². The van der Waals surface area contributed by atoms with Crippen molar-refractivity contribution in [3.63, 3.8) is 0 Å². The van der Waals surface area contributed by atoms with Crippen molar-refractivity contribution in [3.8, 4) is 0 Å². The lowest BCUT2D eigenvalue weighted by Gasteiger charge is -2.19. The minimum Gasteiger partial charge on any atom is -0.465 e. The van der Waals surface area contributed by atoms with E-state index in [4.69, 9.17) is 4.74 Å². The molecule has 0 heterocycles. The van der Waals surface area contributed by atoms with Gasteiger partial charge in [-0.3, -0.25) is 5.32 Å². The van der Waals surface area contributed by atoms with Crippen LogP contribution in [0.15, 0.2) is 22.7 Å². The van der Waals surface area contributed by atoms with Gasteiger partial charge in [0.05, 0.1) is 17.6 Å². The van der Waals surface area contributed by atoms with Crippen LogP contribution in [0.1, 0.15) is 18.5 Å². The number of carbonyl (C=O) groups excluding carboxylic acids is 1. The molecule has 0 aliphatic heterocycles. The zero-order valence-corrected chi connectivity index (χ0v) is 12.0. The third-order valence-corrected chi connectivity index (χ3v) is 2.91. The molecule has 1 unspecified atom stereocenters. The van der Waals surface area contributed by atoms with Crippen molar-refractivity contribution < 1.29 is 27.1 Å². The monoisotopic (exact) mass is 357 g/mol. The molecule has 1 rings (SSSR count). The second-order valence-corrected chi connectivity index (χ2v) is 4.71. The number of nitrogens with one attached hydrogen (secondary N) is 1. The number of rotatable bonds is 5. The Morgan fingerprint density at radius 3 is 2.60 bits per heavy atom. The molecule has 3 nitrogen and oxygen atoms in total. The Morgan fingerprint density at radius 1 is 1.45 bits per heavy atom. The molecule has 0 fully saturated rings. The predicted octanol–water partition coefficient (Wildman–Crippen LogP) is 3.34. The average molecular weight is 358 g/mol. The fourth-order valence-corrected chi connectivity index (χ4v) is 1.87. The number of hydrogen-bond acceptors (Lipinski definition) is 3. The Bertz CT molecular complexity index is 479. The number of hydrogen-bond donors (Lipinski definition) is 1. The lowest BCUT2D eigenvalue weighted by atomic mass is 10.1. The third kappa shape index (κ3) is 5.09. The minimum absolute atomic E-state index is 0.0331. The first-order valence-corrected chi connectivity index (χ1v) is 6.45.